The van der Waals surface area contributed by atoms with Crippen LogP contribution < -0.4 is 10.6 Å². The number of hydrogen-bond donors (Lipinski definition) is 2. The van der Waals surface area contributed by atoms with E-state index in [4.69, 9.17) is 11.6 Å². The molecule has 1 aromatic carbocycles. The van der Waals surface area contributed by atoms with Crippen molar-refractivity contribution in [2.45, 2.75) is 33.7 Å². The Morgan fingerprint density at radius 2 is 1.80 bits per heavy atom. The Morgan fingerprint density at radius 1 is 1.10 bits per heavy atom. The van der Waals surface area contributed by atoms with Crippen LogP contribution in [0, 0.1) is 13.8 Å². The third-order valence-corrected chi connectivity index (χ3v) is 3.21. The third kappa shape index (κ3) is 3.61. The van der Waals surface area contributed by atoms with Gasteiger partial charge in [-0.3, -0.25) is 0 Å². The Balaban J connectivity index is 2.29. The van der Waals surface area contributed by atoms with Crippen molar-refractivity contribution in [3.63, 3.8) is 0 Å². The normalized spacial score (nSPS) is 10.7. The van der Waals surface area contributed by atoms with Gasteiger partial charge in [-0.1, -0.05) is 17.7 Å². The van der Waals surface area contributed by atoms with Gasteiger partial charge in [0.25, 0.3) is 0 Å². The maximum atomic E-state index is 6.13. The Hall–Kier alpha value is -1.81. The van der Waals surface area contributed by atoms with Crippen LogP contribution in [0.2, 0.25) is 5.02 Å². The van der Waals surface area contributed by atoms with Crippen LogP contribution in [0.15, 0.2) is 24.3 Å². The number of nitrogens with zero attached hydrogens (tertiary/aromatic N) is 2. The minimum atomic E-state index is 0.324. The van der Waals surface area contributed by atoms with Crippen LogP contribution in [0.1, 0.15) is 25.2 Å². The smallest absolute Gasteiger partial charge is 0.136 e. The molecule has 5 heteroatoms. The van der Waals surface area contributed by atoms with Crippen molar-refractivity contribution in [2.75, 3.05) is 10.6 Å². The van der Waals surface area contributed by atoms with Crippen molar-refractivity contribution in [1.82, 2.24) is 9.97 Å². The highest BCUT2D eigenvalue weighted by atomic mass is 35.5. The van der Waals surface area contributed by atoms with E-state index < -0.39 is 0 Å². The van der Waals surface area contributed by atoms with Gasteiger partial charge < -0.3 is 10.6 Å². The first-order valence-electron chi connectivity index (χ1n) is 6.60. The van der Waals surface area contributed by atoms with Crippen LogP contribution >= 0.6 is 11.6 Å². The summed E-state index contributed by atoms with van der Waals surface area (Å²) in [4.78, 5) is 8.77. The molecule has 0 radical (unpaired) electrons. The predicted molar refractivity (Wildman–Crippen MR) is 85.0 cm³/mol. The van der Waals surface area contributed by atoms with Gasteiger partial charge in [0, 0.05) is 22.8 Å². The number of benzene rings is 1. The summed E-state index contributed by atoms with van der Waals surface area (Å²) in [6.45, 7) is 8.00. The van der Waals surface area contributed by atoms with Crippen molar-refractivity contribution >= 4 is 28.9 Å². The summed E-state index contributed by atoms with van der Waals surface area (Å²) >= 11 is 6.13. The number of aromatic nitrogens is 2. The van der Waals surface area contributed by atoms with E-state index in [2.05, 4.69) is 34.4 Å². The van der Waals surface area contributed by atoms with E-state index in [1.807, 2.05) is 38.1 Å². The second kappa shape index (κ2) is 6.09. The molecule has 0 saturated heterocycles. The maximum absolute atomic E-state index is 6.13. The molecule has 0 aliphatic heterocycles. The molecule has 0 spiro atoms. The molecule has 0 amide bonds. The first-order chi connectivity index (χ1) is 9.45. The third-order valence-electron chi connectivity index (χ3n) is 2.80. The van der Waals surface area contributed by atoms with E-state index >= 15 is 0 Å². The minimum Gasteiger partial charge on any atom is -0.368 e. The summed E-state index contributed by atoms with van der Waals surface area (Å²) in [7, 11) is 0. The van der Waals surface area contributed by atoms with E-state index in [-0.39, 0.29) is 0 Å². The van der Waals surface area contributed by atoms with Gasteiger partial charge in [-0.2, -0.15) is 0 Å². The summed E-state index contributed by atoms with van der Waals surface area (Å²) < 4.78 is 0. The average Bonchev–Trinajstić information content (AvgIpc) is 2.33. The second-order valence-electron chi connectivity index (χ2n) is 5.02. The molecule has 2 N–H and O–H groups in total. The van der Waals surface area contributed by atoms with E-state index in [1.54, 1.807) is 0 Å². The molecule has 4 nitrogen and oxygen atoms in total. The fraction of sp³-hybridized carbons (Fsp3) is 0.333. The zero-order chi connectivity index (χ0) is 14.7. The van der Waals surface area contributed by atoms with Gasteiger partial charge in [-0.15, -0.1) is 0 Å². The van der Waals surface area contributed by atoms with Gasteiger partial charge >= 0.3 is 0 Å². The Bertz CT molecular complexity index is 611. The lowest BCUT2D eigenvalue weighted by Gasteiger charge is -2.13. The molecule has 0 bridgehead atoms. The Kier molecular flexibility index (Phi) is 4.45. The Morgan fingerprint density at radius 3 is 2.50 bits per heavy atom. The fourth-order valence-electron chi connectivity index (χ4n) is 1.88. The number of rotatable bonds is 4. The summed E-state index contributed by atoms with van der Waals surface area (Å²) in [5, 5.41) is 7.31. The Labute approximate surface area is 124 Å². The summed E-state index contributed by atoms with van der Waals surface area (Å²) in [6, 6.07) is 7.99. The van der Waals surface area contributed by atoms with Crippen molar-refractivity contribution in [1.29, 1.82) is 0 Å². The molecule has 0 aliphatic rings. The van der Waals surface area contributed by atoms with Crippen LogP contribution in [0.4, 0.5) is 17.3 Å². The second-order valence-corrected chi connectivity index (χ2v) is 5.43. The van der Waals surface area contributed by atoms with Crippen molar-refractivity contribution < 1.29 is 0 Å². The highest BCUT2D eigenvalue weighted by Crippen LogP contribution is 2.26. The molecular formula is C15H19ClN4. The fourth-order valence-corrected chi connectivity index (χ4v) is 2.06. The highest BCUT2D eigenvalue weighted by Gasteiger charge is 2.06. The number of hydrogen-bond acceptors (Lipinski definition) is 4. The van der Waals surface area contributed by atoms with Gasteiger partial charge in [-0.25, -0.2) is 9.97 Å². The quantitative estimate of drug-likeness (QED) is 0.881. The van der Waals surface area contributed by atoms with E-state index in [0.717, 1.165) is 33.7 Å². The topological polar surface area (TPSA) is 49.8 Å². The lowest BCUT2D eigenvalue weighted by Crippen LogP contribution is -2.12. The van der Waals surface area contributed by atoms with Gasteiger partial charge in [0.15, 0.2) is 0 Å². The average molecular weight is 291 g/mol. The monoisotopic (exact) mass is 290 g/mol. The highest BCUT2D eigenvalue weighted by molar-refractivity contribution is 6.31. The maximum Gasteiger partial charge on any atom is 0.136 e. The van der Waals surface area contributed by atoms with Gasteiger partial charge in [0.05, 0.1) is 0 Å². The lowest BCUT2D eigenvalue weighted by atomic mass is 10.2. The summed E-state index contributed by atoms with van der Waals surface area (Å²) in [6.07, 6.45) is 0. The standard InChI is InChI=1S/C15H19ClN4/c1-9(2)17-14-8-15(19-11(4)18-14)20-13-7-5-6-12(16)10(13)3/h5-9H,1-4H3,(H2,17,18,19,20). The molecule has 106 valence electrons. The molecule has 0 aliphatic carbocycles. The zero-order valence-corrected chi connectivity index (χ0v) is 12.9. The minimum absolute atomic E-state index is 0.324. The largest absolute Gasteiger partial charge is 0.368 e. The number of aryl methyl sites for hydroxylation is 1. The molecule has 1 aromatic heterocycles. The summed E-state index contributed by atoms with van der Waals surface area (Å²) in [5.74, 6) is 2.29. The molecule has 2 aromatic rings. The van der Waals surface area contributed by atoms with Gasteiger partial charge in [-0.05, 0) is 45.4 Å². The van der Waals surface area contributed by atoms with Crippen molar-refractivity contribution in [2.24, 2.45) is 0 Å². The molecule has 20 heavy (non-hydrogen) atoms. The van der Waals surface area contributed by atoms with Crippen LogP contribution in [0.3, 0.4) is 0 Å². The van der Waals surface area contributed by atoms with Crippen molar-refractivity contribution in [3.8, 4) is 0 Å². The number of anilines is 3. The SMILES string of the molecule is Cc1nc(Nc2cccc(Cl)c2C)cc(NC(C)C)n1. The van der Waals surface area contributed by atoms with E-state index in [9.17, 15) is 0 Å². The van der Waals surface area contributed by atoms with Crippen LogP contribution in [-0.4, -0.2) is 16.0 Å². The first kappa shape index (κ1) is 14.6. The molecule has 0 atom stereocenters. The van der Waals surface area contributed by atoms with Crippen molar-refractivity contribution in [3.05, 3.63) is 40.7 Å². The summed E-state index contributed by atoms with van der Waals surface area (Å²) in [5.41, 5.74) is 1.95. The lowest BCUT2D eigenvalue weighted by molar-refractivity contribution is 0.881. The number of nitrogens with one attached hydrogen (secondary N) is 2. The molecule has 1 heterocycles. The van der Waals surface area contributed by atoms with Gasteiger partial charge in [0.2, 0.25) is 0 Å². The molecule has 0 fully saturated rings. The van der Waals surface area contributed by atoms with E-state index in [1.165, 1.54) is 0 Å². The van der Waals surface area contributed by atoms with Crippen LogP contribution in [0.5, 0.6) is 0 Å². The molecule has 2 rings (SSSR count). The predicted octanol–water partition coefficient (Wildman–Crippen LogP) is 4.31. The van der Waals surface area contributed by atoms with Crippen LogP contribution in [-0.2, 0) is 0 Å². The molecule has 0 unspecified atom stereocenters. The van der Waals surface area contributed by atoms with E-state index in [0.29, 0.717) is 6.04 Å². The van der Waals surface area contributed by atoms with Crippen LogP contribution in [0.25, 0.3) is 0 Å². The first-order valence-corrected chi connectivity index (χ1v) is 6.98. The molecule has 0 saturated carbocycles. The zero-order valence-electron chi connectivity index (χ0n) is 12.2. The number of halogens is 1. The van der Waals surface area contributed by atoms with Gasteiger partial charge in [0.1, 0.15) is 17.5 Å². The molecular weight excluding hydrogens is 272 g/mol.